The molecule has 0 heterocycles. The molecule has 0 saturated carbocycles. The van der Waals surface area contributed by atoms with Gasteiger partial charge in [-0.25, -0.2) is 9.59 Å². The molecule has 1 aromatic carbocycles. The molecule has 1 aromatic rings. The molecule has 158 valence electrons. The minimum Gasteiger partial charge on any atom is -0.456 e. The third-order valence-corrected chi connectivity index (χ3v) is 3.90. The summed E-state index contributed by atoms with van der Waals surface area (Å²) < 4.78 is 89.0. The minimum absolute atomic E-state index is 0.341. The fourth-order valence-corrected chi connectivity index (χ4v) is 2.08. The van der Waals surface area contributed by atoms with Crippen molar-refractivity contribution in [2.24, 2.45) is 0 Å². The summed E-state index contributed by atoms with van der Waals surface area (Å²) in [6.07, 6.45) is 0. The lowest BCUT2D eigenvalue weighted by Gasteiger charge is -2.20. The smallest absolute Gasteiger partial charge is 0.402 e. The molecule has 28 heavy (non-hydrogen) atoms. The van der Waals surface area contributed by atoms with Crippen LogP contribution in [0.3, 0.4) is 0 Å². The molecule has 1 rings (SSSR count). The highest BCUT2D eigenvalue weighted by Gasteiger charge is 2.45. The van der Waals surface area contributed by atoms with Gasteiger partial charge in [-0.05, 0) is 39.0 Å². The van der Waals surface area contributed by atoms with E-state index in [4.69, 9.17) is 13.8 Å². The van der Waals surface area contributed by atoms with Gasteiger partial charge in [-0.15, -0.1) is 0 Å². The molecule has 1 atom stereocenters. The second kappa shape index (κ2) is 8.46. The van der Waals surface area contributed by atoms with E-state index in [0.717, 1.165) is 18.2 Å². The third-order valence-electron chi connectivity index (χ3n) is 2.69. The van der Waals surface area contributed by atoms with Crippen molar-refractivity contribution in [2.45, 2.75) is 31.6 Å². The molecule has 0 amide bonds. The molecule has 0 aromatic heterocycles. The van der Waals surface area contributed by atoms with Gasteiger partial charge in [0.2, 0.25) is 0 Å². The second-order valence-electron chi connectivity index (χ2n) is 6.24. The van der Waals surface area contributed by atoms with Crippen molar-refractivity contribution < 1.29 is 53.8 Å². The largest absolute Gasteiger partial charge is 0.456 e. The average Bonchev–Trinajstić information content (AvgIpc) is 2.48. The summed E-state index contributed by atoms with van der Waals surface area (Å²) in [5.74, 6) is -2.97. The summed E-state index contributed by atoms with van der Waals surface area (Å²) in [5, 5.41) is -4.77. The highest BCUT2D eigenvalue weighted by molar-refractivity contribution is 7.86. The van der Waals surface area contributed by atoms with Crippen molar-refractivity contribution in [1.29, 1.82) is 0 Å². The van der Waals surface area contributed by atoms with Crippen LogP contribution in [0.2, 0.25) is 0 Å². The van der Waals surface area contributed by atoms with Crippen LogP contribution in [0.5, 0.6) is 5.75 Å². The van der Waals surface area contributed by atoms with Crippen molar-refractivity contribution in [2.75, 3.05) is 6.61 Å². The van der Waals surface area contributed by atoms with E-state index < -0.39 is 62.2 Å². The van der Waals surface area contributed by atoms with Crippen molar-refractivity contribution in [3.8, 4) is 5.75 Å². The van der Waals surface area contributed by atoms with E-state index in [1.165, 1.54) is 0 Å². The maximum absolute atomic E-state index is 13.2. The molecule has 0 bridgehead atoms. The Labute approximate surface area is 161 Å². The molecule has 0 radical (unpaired) electrons. The molecule has 0 saturated heterocycles. The lowest BCUT2D eigenvalue weighted by molar-refractivity contribution is -0.00952. The van der Waals surface area contributed by atoms with Crippen LogP contribution >= 0.6 is 0 Å². The molecule has 0 aliphatic carbocycles. The molecule has 10 nitrogen and oxygen atoms in total. The number of carbonyl (C=O) groups excluding carboxylic acids is 2. The fourth-order valence-electron chi connectivity index (χ4n) is 1.61. The number of carbonyl (C=O) groups is 2. The minimum atomic E-state index is -5.83. The first-order valence-corrected chi connectivity index (χ1v) is 9.68. The number of hydrogen-bond donors (Lipinski definition) is 2. The van der Waals surface area contributed by atoms with Crippen LogP contribution in [0, 0.1) is 0 Å². The Bertz CT molecular complexity index is 890. The molecule has 0 aliphatic heterocycles. The van der Waals surface area contributed by atoms with Gasteiger partial charge in [-0.3, -0.25) is 9.11 Å². The first kappa shape index (κ1) is 23.9. The van der Waals surface area contributed by atoms with Crippen LogP contribution in [-0.2, 0) is 31.0 Å². The Morgan fingerprint density at radius 1 is 1.11 bits per heavy atom. The SMILES string of the molecule is CC(C)(C)OC(=O)c1cc(OS(=O)O)cc(C(=O)OCC(F)(F)S(=O)(=O)O)c1. The zero-order chi connectivity index (χ0) is 21.9. The lowest BCUT2D eigenvalue weighted by atomic mass is 10.1. The number of halogens is 2. The summed E-state index contributed by atoms with van der Waals surface area (Å²) >= 11 is -2.84. The zero-order valence-corrected chi connectivity index (χ0v) is 16.3. The van der Waals surface area contributed by atoms with Gasteiger partial charge in [0.05, 0.1) is 11.1 Å². The Hall–Kier alpha value is -2.16. The van der Waals surface area contributed by atoms with E-state index in [9.17, 15) is 31.0 Å². The molecule has 2 N–H and O–H groups in total. The predicted molar refractivity (Wildman–Crippen MR) is 89.8 cm³/mol. The van der Waals surface area contributed by atoms with E-state index >= 15 is 0 Å². The van der Waals surface area contributed by atoms with Crippen LogP contribution in [0.25, 0.3) is 0 Å². The monoisotopic (exact) mass is 446 g/mol. The molecular formula is C14H16F2O10S2. The molecule has 0 aliphatic rings. The molecule has 14 heteroatoms. The first-order chi connectivity index (χ1) is 12.5. The van der Waals surface area contributed by atoms with Gasteiger partial charge in [0, 0.05) is 0 Å². The highest BCUT2D eigenvalue weighted by Crippen LogP contribution is 2.24. The van der Waals surface area contributed by atoms with E-state index in [1.807, 2.05) is 0 Å². The van der Waals surface area contributed by atoms with Crippen molar-refractivity contribution in [3.05, 3.63) is 29.3 Å². The van der Waals surface area contributed by atoms with Crippen LogP contribution < -0.4 is 4.18 Å². The van der Waals surface area contributed by atoms with Crippen molar-refractivity contribution >= 4 is 33.4 Å². The predicted octanol–water partition coefficient (Wildman–Crippen LogP) is 1.79. The van der Waals surface area contributed by atoms with E-state index in [-0.39, 0.29) is 5.56 Å². The van der Waals surface area contributed by atoms with Crippen LogP contribution in [0.1, 0.15) is 41.5 Å². The van der Waals surface area contributed by atoms with Gasteiger partial charge < -0.3 is 13.7 Å². The number of hydrogen-bond acceptors (Lipinski definition) is 8. The lowest BCUT2D eigenvalue weighted by Crippen LogP contribution is -2.34. The maximum atomic E-state index is 13.2. The topological polar surface area (TPSA) is 154 Å². The van der Waals surface area contributed by atoms with Gasteiger partial charge in [-0.1, -0.05) is 0 Å². The number of esters is 2. The summed E-state index contributed by atoms with van der Waals surface area (Å²) in [7, 11) is -5.83. The van der Waals surface area contributed by atoms with E-state index in [0.29, 0.717) is 0 Å². The Morgan fingerprint density at radius 2 is 1.61 bits per heavy atom. The number of benzene rings is 1. The normalized spacial score (nSPS) is 13.5. The van der Waals surface area contributed by atoms with Crippen molar-refractivity contribution in [3.63, 3.8) is 0 Å². The third kappa shape index (κ3) is 7.10. The van der Waals surface area contributed by atoms with Gasteiger partial charge in [0.15, 0.2) is 6.61 Å². The summed E-state index contributed by atoms with van der Waals surface area (Å²) in [6, 6.07) is 2.59. The van der Waals surface area contributed by atoms with Crippen molar-refractivity contribution in [1.82, 2.24) is 0 Å². The highest BCUT2D eigenvalue weighted by atomic mass is 32.2. The van der Waals surface area contributed by atoms with Gasteiger partial charge in [-0.2, -0.15) is 21.4 Å². The summed E-state index contributed by atoms with van der Waals surface area (Å²) in [5.41, 5.74) is -1.87. The number of rotatable bonds is 7. The molecule has 1 unspecified atom stereocenters. The van der Waals surface area contributed by atoms with Crippen LogP contribution in [-0.4, -0.2) is 51.1 Å². The molecular weight excluding hydrogens is 430 g/mol. The van der Waals surface area contributed by atoms with Gasteiger partial charge in [0.25, 0.3) is 0 Å². The maximum Gasteiger partial charge on any atom is 0.402 e. The summed E-state index contributed by atoms with van der Waals surface area (Å²) in [4.78, 5) is 24.1. The number of ether oxygens (including phenoxy) is 2. The Kier molecular flexibility index (Phi) is 7.22. The number of alkyl halides is 2. The second-order valence-corrected chi connectivity index (χ2v) is 8.39. The fraction of sp³-hybridized carbons (Fsp3) is 0.429. The standard InChI is InChI=1S/C14H16F2O10S2/c1-13(2,3)25-12(18)9-4-8(5-10(6-9)26-27(19)20)11(17)24-7-14(15,16)28(21,22)23/h4-6H,7H2,1-3H3,(H,19,20)(H,21,22,23). The molecule has 0 fully saturated rings. The van der Waals surface area contributed by atoms with Crippen LogP contribution in [0.15, 0.2) is 18.2 Å². The van der Waals surface area contributed by atoms with E-state index in [2.05, 4.69) is 8.92 Å². The molecule has 0 spiro atoms. The average molecular weight is 446 g/mol. The van der Waals surface area contributed by atoms with Crippen LogP contribution in [0.4, 0.5) is 8.78 Å². The Balaban J connectivity index is 3.19. The first-order valence-electron chi connectivity index (χ1n) is 7.21. The van der Waals surface area contributed by atoms with E-state index in [1.54, 1.807) is 20.8 Å². The van der Waals surface area contributed by atoms with Gasteiger partial charge >= 0.3 is 38.7 Å². The zero-order valence-electron chi connectivity index (χ0n) is 14.7. The quantitative estimate of drug-likeness (QED) is 0.360. The Morgan fingerprint density at radius 3 is 2.04 bits per heavy atom. The summed E-state index contributed by atoms with van der Waals surface area (Å²) in [6.45, 7) is 2.62. The van der Waals surface area contributed by atoms with Gasteiger partial charge in [0.1, 0.15) is 11.4 Å².